The molecule has 2 fully saturated rings. The Kier molecular flexibility index (Phi) is 1.72. The van der Waals surface area contributed by atoms with Crippen molar-refractivity contribution < 1.29 is 14.3 Å². The molecule has 1 aliphatic heterocycles. The van der Waals surface area contributed by atoms with E-state index in [1.807, 2.05) is 13.8 Å². The Bertz CT molecular complexity index is 271. The van der Waals surface area contributed by atoms with Gasteiger partial charge in [-0.15, -0.1) is 0 Å². The van der Waals surface area contributed by atoms with Crippen LogP contribution in [-0.4, -0.2) is 11.9 Å². The summed E-state index contributed by atoms with van der Waals surface area (Å²) >= 11 is 0. The number of cyclic esters (lactones) is 2. The van der Waals surface area contributed by atoms with Crippen LogP contribution < -0.4 is 0 Å². The van der Waals surface area contributed by atoms with E-state index in [1.54, 1.807) is 0 Å². The molecule has 0 amide bonds. The number of carbonyl (C=O) groups is 2. The van der Waals surface area contributed by atoms with Crippen LogP contribution in [0.15, 0.2) is 0 Å². The van der Waals surface area contributed by atoms with Gasteiger partial charge in [0.15, 0.2) is 0 Å². The van der Waals surface area contributed by atoms with Gasteiger partial charge < -0.3 is 4.74 Å². The largest absolute Gasteiger partial charge is 0.392 e. The fourth-order valence-corrected chi connectivity index (χ4v) is 2.81. The minimum absolute atomic E-state index is 0.238. The Labute approximate surface area is 77.4 Å². The third-order valence-corrected chi connectivity index (χ3v) is 3.81. The molecule has 1 saturated heterocycles. The lowest BCUT2D eigenvalue weighted by atomic mass is 9.71. The van der Waals surface area contributed by atoms with E-state index in [1.165, 1.54) is 0 Å². The predicted molar refractivity (Wildman–Crippen MR) is 45.7 cm³/mol. The number of carbonyl (C=O) groups excluding carboxylic acids is 2. The maximum Gasteiger partial charge on any atom is 0.320 e. The zero-order chi connectivity index (χ0) is 9.64. The maximum absolute atomic E-state index is 11.6. The molecule has 0 radical (unpaired) electrons. The first-order valence-corrected chi connectivity index (χ1v) is 4.85. The maximum atomic E-state index is 11.6. The molecule has 1 heterocycles. The molecule has 1 spiro atoms. The average molecular weight is 182 g/mol. The second kappa shape index (κ2) is 2.56. The molecule has 3 nitrogen and oxygen atoms in total. The van der Waals surface area contributed by atoms with Crippen molar-refractivity contribution in [1.82, 2.24) is 0 Å². The van der Waals surface area contributed by atoms with E-state index in [0.717, 1.165) is 19.3 Å². The Morgan fingerprint density at radius 1 is 1.38 bits per heavy atom. The van der Waals surface area contributed by atoms with Crippen LogP contribution in [0.2, 0.25) is 0 Å². The molecule has 3 heteroatoms. The van der Waals surface area contributed by atoms with Crippen molar-refractivity contribution in [3.63, 3.8) is 0 Å². The van der Waals surface area contributed by atoms with Crippen molar-refractivity contribution in [2.24, 2.45) is 17.3 Å². The molecular weight excluding hydrogens is 168 g/mol. The highest BCUT2D eigenvalue weighted by Gasteiger charge is 2.59. The van der Waals surface area contributed by atoms with Crippen LogP contribution in [-0.2, 0) is 14.3 Å². The third-order valence-electron chi connectivity index (χ3n) is 3.81. The summed E-state index contributed by atoms with van der Waals surface area (Å²) in [6.45, 7) is 3.86. The SMILES string of the molecule is C[C@@H]1CCC[C@]12C(=O)OC(=O)[C@H]2C. The zero-order valence-corrected chi connectivity index (χ0v) is 8.00. The molecule has 0 bridgehead atoms. The molecule has 0 aromatic heterocycles. The highest BCUT2D eigenvalue weighted by atomic mass is 16.6. The Balaban J connectivity index is 2.40. The fourth-order valence-electron chi connectivity index (χ4n) is 2.81. The van der Waals surface area contributed by atoms with Gasteiger partial charge in [-0.3, -0.25) is 9.59 Å². The van der Waals surface area contributed by atoms with Gasteiger partial charge in [0.1, 0.15) is 0 Å². The molecule has 2 rings (SSSR count). The first kappa shape index (κ1) is 8.73. The molecule has 3 atom stereocenters. The van der Waals surface area contributed by atoms with E-state index in [9.17, 15) is 9.59 Å². The number of esters is 2. The van der Waals surface area contributed by atoms with E-state index in [2.05, 4.69) is 0 Å². The van der Waals surface area contributed by atoms with E-state index in [-0.39, 0.29) is 17.9 Å². The third kappa shape index (κ3) is 0.901. The van der Waals surface area contributed by atoms with Gasteiger partial charge in [0.25, 0.3) is 0 Å². The monoisotopic (exact) mass is 182 g/mol. The molecule has 0 aromatic carbocycles. The van der Waals surface area contributed by atoms with Gasteiger partial charge in [0.2, 0.25) is 0 Å². The Morgan fingerprint density at radius 2 is 2.08 bits per heavy atom. The van der Waals surface area contributed by atoms with Crippen LogP contribution in [0.25, 0.3) is 0 Å². The highest BCUT2D eigenvalue weighted by molar-refractivity contribution is 5.99. The summed E-state index contributed by atoms with van der Waals surface area (Å²) in [6, 6.07) is 0. The summed E-state index contributed by atoms with van der Waals surface area (Å²) in [5.74, 6) is -0.562. The van der Waals surface area contributed by atoms with Gasteiger partial charge >= 0.3 is 11.9 Å². The normalized spacial score (nSPS) is 44.5. The zero-order valence-electron chi connectivity index (χ0n) is 8.00. The van der Waals surface area contributed by atoms with Crippen molar-refractivity contribution in [2.75, 3.05) is 0 Å². The quantitative estimate of drug-likeness (QED) is 0.421. The fraction of sp³-hybridized carbons (Fsp3) is 0.800. The lowest BCUT2D eigenvalue weighted by Gasteiger charge is -2.26. The van der Waals surface area contributed by atoms with Crippen molar-refractivity contribution in [3.8, 4) is 0 Å². The van der Waals surface area contributed by atoms with Crippen molar-refractivity contribution in [3.05, 3.63) is 0 Å². The van der Waals surface area contributed by atoms with E-state index >= 15 is 0 Å². The molecule has 1 aliphatic carbocycles. The first-order valence-electron chi connectivity index (χ1n) is 4.85. The van der Waals surface area contributed by atoms with E-state index in [0.29, 0.717) is 5.92 Å². The minimum atomic E-state index is -0.475. The molecule has 0 N–H and O–H groups in total. The van der Waals surface area contributed by atoms with Crippen LogP contribution in [0.4, 0.5) is 0 Å². The van der Waals surface area contributed by atoms with E-state index < -0.39 is 5.41 Å². The number of rotatable bonds is 0. The highest BCUT2D eigenvalue weighted by Crippen LogP contribution is 2.52. The van der Waals surface area contributed by atoms with Crippen molar-refractivity contribution in [2.45, 2.75) is 33.1 Å². The molecule has 0 unspecified atom stereocenters. The summed E-state index contributed by atoms with van der Waals surface area (Å²) in [6.07, 6.45) is 2.89. The van der Waals surface area contributed by atoms with Gasteiger partial charge in [-0.05, 0) is 18.8 Å². The molecule has 13 heavy (non-hydrogen) atoms. The van der Waals surface area contributed by atoms with Gasteiger partial charge in [-0.25, -0.2) is 0 Å². The number of hydrogen-bond acceptors (Lipinski definition) is 3. The average Bonchev–Trinajstić information content (AvgIpc) is 2.54. The van der Waals surface area contributed by atoms with Gasteiger partial charge in [0.05, 0.1) is 11.3 Å². The minimum Gasteiger partial charge on any atom is -0.392 e. The second-order valence-electron chi connectivity index (χ2n) is 4.26. The second-order valence-corrected chi connectivity index (χ2v) is 4.26. The number of ether oxygens (including phenoxy) is 1. The van der Waals surface area contributed by atoms with Crippen LogP contribution in [0.1, 0.15) is 33.1 Å². The summed E-state index contributed by atoms with van der Waals surface area (Å²) in [5, 5.41) is 0. The summed E-state index contributed by atoms with van der Waals surface area (Å²) in [5.41, 5.74) is -0.475. The van der Waals surface area contributed by atoms with Crippen LogP contribution >= 0.6 is 0 Å². The molecule has 2 aliphatic rings. The van der Waals surface area contributed by atoms with Crippen LogP contribution in [0.5, 0.6) is 0 Å². The molecular formula is C10H14O3. The van der Waals surface area contributed by atoms with Gasteiger partial charge in [-0.2, -0.15) is 0 Å². The Hall–Kier alpha value is -0.860. The molecule has 1 saturated carbocycles. The molecule has 72 valence electrons. The number of hydrogen-bond donors (Lipinski definition) is 0. The smallest absolute Gasteiger partial charge is 0.320 e. The van der Waals surface area contributed by atoms with Crippen LogP contribution in [0.3, 0.4) is 0 Å². The summed E-state index contributed by atoms with van der Waals surface area (Å²) < 4.78 is 4.70. The van der Waals surface area contributed by atoms with Crippen LogP contribution in [0, 0.1) is 17.3 Å². The predicted octanol–water partition coefficient (Wildman–Crippen LogP) is 1.51. The lowest BCUT2D eigenvalue weighted by Crippen LogP contribution is -2.34. The topological polar surface area (TPSA) is 43.4 Å². The van der Waals surface area contributed by atoms with E-state index in [4.69, 9.17) is 4.74 Å². The van der Waals surface area contributed by atoms with Crippen molar-refractivity contribution in [1.29, 1.82) is 0 Å². The molecule has 0 aromatic rings. The summed E-state index contributed by atoms with van der Waals surface area (Å²) in [4.78, 5) is 22.8. The van der Waals surface area contributed by atoms with Gasteiger partial charge in [0, 0.05) is 0 Å². The van der Waals surface area contributed by atoms with Gasteiger partial charge in [-0.1, -0.05) is 20.3 Å². The Morgan fingerprint density at radius 3 is 2.46 bits per heavy atom. The van der Waals surface area contributed by atoms with Crippen molar-refractivity contribution >= 4 is 11.9 Å². The lowest BCUT2D eigenvalue weighted by molar-refractivity contribution is -0.155. The standard InChI is InChI=1S/C10H14O3/c1-6-4-3-5-10(6)7(2)8(11)13-9(10)12/h6-7H,3-5H2,1-2H3/t6-,7-,10+/m1/s1. The first-order chi connectivity index (χ1) is 6.09. The summed E-state index contributed by atoms with van der Waals surface area (Å²) in [7, 11) is 0.